The van der Waals surface area contributed by atoms with Crippen molar-refractivity contribution in [1.29, 1.82) is 0 Å². The predicted molar refractivity (Wildman–Crippen MR) is 154 cm³/mol. The van der Waals surface area contributed by atoms with Crippen molar-refractivity contribution in [2.45, 2.75) is 64.3 Å². The largest absolute Gasteiger partial charge is 0.357 e. The Morgan fingerprint density at radius 1 is 0.973 bits per heavy atom. The third-order valence-electron chi connectivity index (χ3n) is 7.46. The molecule has 0 saturated carbocycles. The number of Topliss-reactive ketones (excluding diaryl/α,β-unsaturated/α-hetero) is 1. The number of anilines is 2. The summed E-state index contributed by atoms with van der Waals surface area (Å²) in [4.78, 5) is 29.8. The van der Waals surface area contributed by atoms with Crippen molar-refractivity contribution in [3.63, 3.8) is 0 Å². The Morgan fingerprint density at radius 3 is 2.51 bits per heavy atom. The topological polar surface area (TPSA) is 49.4 Å². The summed E-state index contributed by atoms with van der Waals surface area (Å²) < 4.78 is 0.928. The van der Waals surface area contributed by atoms with Crippen LogP contribution in [0.1, 0.15) is 74.1 Å². The van der Waals surface area contributed by atoms with Crippen LogP contribution in [0.2, 0.25) is 0 Å². The number of unbranched alkanes of at least 4 members (excludes halogenated alkanes) is 2. The molecule has 1 heterocycles. The Morgan fingerprint density at radius 2 is 1.76 bits per heavy atom. The predicted octanol–water partition coefficient (Wildman–Crippen LogP) is 8.24. The zero-order chi connectivity index (χ0) is 25.9. The first-order chi connectivity index (χ1) is 18.0. The Labute approximate surface area is 227 Å². The van der Waals surface area contributed by atoms with Gasteiger partial charge in [-0.2, -0.15) is 0 Å². The molecule has 1 aliphatic carbocycles. The zero-order valence-electron chi connectivity index (χ0n) is 21.5. The summed E-state index contributed by atoms with van der Waals surface area (Å²) in [6.45, 7) is 4.22. The number of fused-ring (bicyclic) bond motifs is 1. The van der Waals surface area contributed by atoms with Gasteiger partial charge in [-0.25, -0.2) is 0 Å². The Kier molecular flexibility index (Phi) is 7.61. The Balaban J connectivity index is 1.66. The molecule has 0 radical (unpaired) electrons. The van der Waals surface area contributed by atoms with Crippen LogP contribution in [0.5, 0.6) is 0 Å². The van der Waals surface area contributed by atoms with Gasteiger partial charge in [-0.3, -0.25) is 14.5 Å². The molecule has 2 unspecified atom stereocenters. The highest BCUT2D eigenvalue weighted by Crippen LogP contribution is 2.47. The summed E-state index contributed by atoms with van der Waals surface area (Å²) in [5, 5.41) is 3.62. The average molecular weight is 558 g/mol. The molecule has 0 saturated heterocycles. The average Bonchev–Trinajstić information content (AvgIpc) is 3.04. The molecule has 5 rings (SSSR count). The number of carbonyl (C=O) groups is 2. The second-order valence-electron chi connectivity index (χ2n) is 10.2. The second-order valence-corrected chi connectivity index (χ2v) is 11.1. The van der Waals surface area contributed by atoms with Crippen molar-refractivity contribution in [2.24, 2.45) is 0 Å². The molecule has 3 aromatic rings. The van der Waals surface area contributed by atoms with E-state index >= 15 is 0 Å². The van der Waals surface area contributed by atoms with Crippen LogP contribution in [0.3, 0.4) is 0 Å². The first-order valence-electron chi connectivity index (χ1n) is 13.2. The third-order valence-corrected chi connectivity index (χ3v) is 7.96. The molecule has 0 aromatic heterocycles. The molecule has 2 aliphatic rings. The lowest BCUT2D eigenvalue weighted by Gasteiger charge is -2.35. The maximum atomic E-state index is 14.0. The number of hydrogen-bond acceptors (Lipinski definition) is 3. The standard InChI is InChI=1S/C32H33BrN2O2/c1-3-4-5-13-30(37)35-28-12-7-6-11-26(28)34-27-19-24(22-16-14-21(2)15-17-22)20-29(36)31(27)32(35)23-9-8-10-25(33)18-23/h6-12,14-18,24,32,34H,3-5,13,19-20H2,1-2H3. The molecule has 0 bridgehead atoms. The van der Waals surface area contributed by atoms with Gasteiger partial charge >= 0.3 is 0 Å². The van der Waals surface area contributed by atoms with E-state index in [1.807, 2.05) is 53.4 Å². The number of rotatable bonds is 6. The van der Waals surface area contributed by atoms with E-state index in [-0.39, 0.29) is 17.6 Å². The number of nitrogens with one attached hydrogen (secondary N) is 1. The quantitative estimate of drug-likeness (QED) is 0.311. The summed E-state index contributed by atoms with van der Waals surface area (Å²) in [5.41, 5.74) is 6.64. The minimum Gasteiger partial charge on any atom is -0.357 e. The van der Waals surface area contributed by atoms with Gasteiger partial charge in [0.15, 0.2) is 5.78 Å². The number of amides is 1. The van der Waals surface area contributed by atoms with Crippen molar-refractivity contribution < 1.29 is 9.59 Å². The van der Waals surface area contributed by atoms with Crippen molar-refractivity contribution in [1.82, 2.24) is 0 Å². The molecule has 1 aliphatic heterocycles. The van der Waals surface area contributed by atoms with Crippen LogP contribution in [-0.4, -0.2) is 11.7 Å². The summed E-state index contributed by atoms with van der Waals surface area (Å²) in [6, 6.07) is 24.0. The fourth-order valence-electron chi connectivity index (χ4n) is 5.58. The first-order valence-corrected chi connectivity index (χ1v) is 14.0. The normalized spacial score (nSPS) is 19.1. The van der Waals surface area contributed by atoms with Gasteiger partial charge in [0.25, 0.3) is 0 Å². The molecular formula is C32H33BrN2O2. The van der Waals surface area contributed by atoms with E-state index in [1.54, 1.807) is 0 Å². The first kappa shape index (κ1) is 25.5. The molecule has 0 spiro atoms. The number of hydrogen-bond donors (Lipinski definition) is 1. The SMILES string of the molecule is CCCCCC(=O)N1c2ccccc2NC2=C(C(=O)CC(c3ccc(C)cc3)C2)C1c1cccc(Br)c1. The zero-order valence-corrected chi connectivity index (χ0v) is 23.1. The van der Waals surface area contributed by atoms with Crippen LogP contribution in [0.4, 0.5) is 11.4 Å². The van der Waals surface area contributed by atoms with Crippen LogP contribution < -0.4 is 10.2 Å². The van der Waals surface area contributed by atoms with Gasteiger partial charge in [0, 0.05) is 28.6 Å². The molecule has 5 heteroatoms. The van der Waals surface area contributed by atoms with Gasteiger partial charge in [-0.1, -0.05) is 89.8 Å². The molecule has 4 nitrogen and oxygen atoms in total. The number of para-hydroxylation sites is 2. The van der Waals surface area contributed by atoms with E-state index in [2.05, 4.69) is 59.4 Å². The van der Waals surface area contributed by atoms with Gasteiger partial charge in [-0.05, 0) is 61.1 Å². The number of nitrogens with zero attached hydrogens (tertiary/aromatic N) is 1. The highest BCUT2D eigenvalue weighted by atomic mass is 79.9. The van der Waals surface area contributed by atoms with Gasteiger partial charge in [0.2, 0.25) is 5.91 Å². The van der Waals surface area contributed by atoms with E-state index in [9.17, 15) is 9.59 Å². The number of aryl methyl sites for hydroxylation is 1. The Bertz CT molecular complexity index is 1340. The minimum atomic E-state index is -0.482. The smallest absolute Gasteiger partial charge is 0.227 e. The van der Waals surface area contributed by atoms with E-state index in [0.717, 1.165) is 52.8 Å². The molecule has 1 N–H and O–H groups in total. The highest BCUT2D eigenvalue weighted by molar-refractivity contribution is 9.10. The van der Waals surface area contributed by atoms with Gasteiger partial charge in [0.1, 0.15) is 0 Å². The monoisotopic (exact) mass is 556 g/mol. The highest BCUT2D eigenvalue weighted by Gasteiger charge is 2.41. The number of carbonyl (C=O) groups excluding carboxylic acids is 2. The van der Waals surface area contributed by atoms with Gasteiger partial charge in [-0.15, -0.1) is 0 Å². The molecule has 3 aromatic carbocycles. The van der Waals surface area contributed by atoms with E-state index < -0.39 is 6.04 Å². The molecule has 1 amide bonds. The van der Waals surface area contributed by atoms with Crippen molar-refractivity contribution in [3.8, 4) is 0 Å². The molecule has 37 heavy (non-hydrogen) atoms. The van der Waals surface area contributed by atoms with Crippen molar-refractivity contribution in [3.05, 3.63) is 105 Å². The van der Waals surface area contributed by atoms with E-state index in [0.29, 0.717) is 18.4 Å². The summed E-state index contributed by atoms with van der Waals surface area (Å²) in [7, 11) is 0. The Hall–Kier alpha value is -3.18. The van der Waals surface area contributed by atoms with Crippen LogP contribution in [0.25, 0.3) is 0 Å². The summed E-state index contributed by atoms with van der Waals surface area (Å²) >= 11 is 3.62. The lowest BCUT2D eigenvalue weighted by molar-refractivity contribution is -0.119. The fraction of sp³-hybridized carbons (Fsp3) is 0.312. The van der Waals surface area contributed by atoms with Crippen molar-refractivity contribution >= 4 is 39.0 Å². The molecular weight excluding hydrogens is 524 g/mol. The van der Waals surface area contributed by atoms with Gasteiger partial charge in [0.05, 0.1) is 17.4 Å². The molecule has 2 atom stereocenters. The minimum absolute atomic E-state index is 0.0508. The molecule has 0 fully saturated rings. The van der Waals surface area contributed by atoms with E-state index in [1.165, 1.54) is 11.1 Å². The lowest BCUT2D eigenvalue weighted by Crippen LogP contribution is -2.38. The maximum absolute atomic E-state index is 14.0. The fourth-order valence-corrected chi connectivity index (χ4v) is 6.00. The lowest BCUT2D eigenvalue weighted by atomic mass is 9.78. The van der Waals surface area contributed by atoms with Crippen LogP contribution >= 0.6 is 15.9 Å². The number of allylic oxidation sites excluding steroid dienone is 1. The van der Waals surface area contributed by atoms with Crippen LogP contribution in [0.15, 0.2) is 88.5 Å². The third kappa shape index (κ3) is 5.28. The molecule has 190 valence electrons. The van der Waals surface area contributed by atoms with Crippen LogP contribution in [0, 0.1) is 6.92 Å². The summed E-state index contributed by atoms with van der Waals surface area (Å²) in [5.74, 6) is 0.250. The summed E-state index contributed by atoms with van der Waals surface area (Å²) in [6.07, 6.45) is 4.50. The number of halogens is 1. The maximum Gasteiger partial charge on any atom is 0.227 e. The van der Waals surface area contributed by atoms with E-state index in [4.69, 9.17) is 0 Å². The van der Waals surface area contributed by atoms with Crippen LogP contribution in [-0.2, 0) is 9.59 Å². The van der Waals surface area contributed by atoms with Crippen molar-refractivity contribution in [2.75, 3.05) is 10.2 Å². The number of ketones is 1. The number of benzene rings is 3. The van der Waals surface area contributed by atoms with Gasteiger partial charge < -0.3 is 5.32 Å². The second kappa shape index (κ2) is 11.1.